The smallest absolute Gasteiger partial charge is 0.329 e. The van der Waals surface area contributed by atoms with Crippen molar-refractivity contribution < 1.29 is 23.3 Å². The molecule has 0 fully saturated rings. The fraction of sp³-hybridized carbons (Fsp3) is 0.200. The van der Waals surface area contributed by atoms with Gasteiger partial charge in [-0.1, -0.05) is 29.4 Å². The van der Waals surface area contributed by atoms with Crippen molar-refractivity contribution in [2.45, 2.75) is 25.6 Å². The van der Waals surface area contributed by atoms with Gasteiger partial charge in [-0.2, -0.15) is 10.1 Å². The topological polar surface area (TPSA) is 140 Å². The minimum atomic E-state index is -0.816. The Labute approximate surface area is 175 Å². The van der Waals surface area contributed by atoms with E-state index in [1.54, 1.807) is 12.1 Å². The molecule has 0 saturated heterocycles. The number of nitrogens with one attached hydrogen (secondary N) is 1. The van der Waals surface area contributed by atoms with Crippen molar-refractivity contribution in [3.63, 3.8) is 0 Å². The zero-order chi connectivity index (χ0) is 21.2. The lowest BCUT2D eigenvalue weighted by Gasteiger charge is -2.34. The van der Waals surface area contributed by atoms with E-state index in [0.717, 1.165) is 11.1 Å². The molecular formula is C20H16N6O5. The van der Waals surface area contributed by atoms with E-state index < -0.39 is 12.0 Å². The summed E-state index contributed by atoms with van der Waals surface area (Å²) >= 11 is 0. The Morgan fingerprint density at radius 3 is 2.84 bits per heavy atom. The lowest BCUT2D eigenvalue weighted by atomic mass is 9.93. The van der Waals surface area contributed by atoms with Crippen molar-refractivity contribution in [2.75, 3.05) is 0 Å². The normalized spacial score (nSPS) is 15.5. The Kier molecular flexibility index (Phi) is 4.75. The second-order valence-corrected chi connectivity index (χ2v) is 6.85. The van der Waals surface area contributed by atoms with Gasteiger partial charge in [0.05, 0.1) is 6.26 Å². The molecule has 1 aliphatic heterocycles. The summed E-state index contributed by atoms with van der Waals surface area (Å²) in [6, 6.07) is 10.0. The number of nitrogens with zero attached hydrogens (tertiary/aromatic N) is 5. The van der Waals surface area contributed by atoms with Crippen LogP contribution in [-0.4, -0.2) is 48.1 Å². The number of aromatic amines is 1. The van der Waals surface area contributed by atoms with Crippen molar-refractivity contribution in [2.24, 2.45) is 0 Å². The first-order valence-electron chi connectivity index (χ1n) is 9.45. The fourth-order valence-corrected chi connectivity index (χ4v) is 3.44. The average Bonchev–Trinajstić information content (AvgIpc) is 3.57. The van der Waals surface area contributed by atoms with Crippen molar-refractivity contribution in [1.82, 2.24) is 30.2 Å². The molecule has 0 unspecified atom stereocenters. The molecule has 11 nitrogen and oxygen atoms in total. The van der Waals surface area contributed by atoms with Gasteiger partial charge in [0, 0.05) is 13.0 Å². The number of rotatable bonds is 5. The maximum Gasteiger partial charge on any atom is 0.329 e. The molecule has 4 heterocycles. The van der Waals surface area contributed by atoms with E-state index in [1.807, 2.05) is 24.3 Å². The largest absolute Gasteiger partial charge is 0.459 e. The minimum Gasteiger partial charge on any atom is -0.459 e. The molecule has 1 N–H and O–H groups in total. The molecular weight excluding hydrogens is 404 g/mol. The third kappa shape index (κ3) is 3.68. The van der Waals surface area contributed by atoms with E-state index in [-0.39, 0.29) is 36.5 Å². The third-order valence-electron chi connectivity index (χ3n) is 4.95. The molecule has 0 bridgehead atoms. The number of fused-ring (bicyclic) bond motifs is 1. The van der Waals surface area contributed by atoms with Crippen molar-refractivity contribution in [3.8, 4) is 11.6 Å². The summed E-state index contributed by atoms with van der Waals surface area (Å²) in [5.74, 6) is -0.170. The van der Waals surface area contributed by atoms with Crippen LogP contribution >= 0.6 is 0 Å². The van der Waals surface area contributed by atoms with Crippen molar-refractivity contribution in [3.05, 3.63) is 71.8 Å². The van der Waals surface area contributed by atoms with Gasteiger partial charge in [0.1, 0.15) is 12.4 Å². The number of hydrogen-bond donors (Lipinski definition) is 1. The van der Waals surface area contributed by atoms with Gasteiger partial charge >= 0.3 is 5.97 Å². The van der Waals surface area contributed by atoms with Crippen LogP contribution in [0.5, 0.6) is 0 Å². The summed E-state index contributed by atoms with van der Waals surface area (Å²) in [7, 11) is 0. The first kappa shape index (κ1) is 18.7. The van der Waals surface area contributed by atoms with E-state index in [2.05, 4.69) is 25.3 Å². The molecule has 0 radical (unpaired) electrons. The lowest BCUT2D eigenvalue weighted by Crippen LogP contribution is -2.49. The molecule has 11 heteroatoms. The van der Waals surface area contributed by atoms with E-state index in [0.29, 0.717) is 12.2 Å². The van der Waals surface area contributed by atoms with Gasteiger partial charge in [-0.25, -0.2) is 9.78 Å². The highest BCUT2D eigenvalue weighted by Crippen LogP contribution is 2.26. The van der Waals surface area contributed by atoms with Gasteiger partial charge in [0.25, 0.3) is 11.8 Å². The quantitative estimate of drug-likeness (QED) is 0.478. The number of H-pyrrole nitrogens is 1. The molecule has 1 aromatic carbocycles. The van der Waals surface area contributed by atoms with Gasteiger partial charge in [-0.05, 0) is 23.3 Å². The van der Waals surface area contributed by atoms with Crippen LogP contribution in [0.4, 0.5) is 0 Å². The van der Waals surface area contributed by atoms with Crippen LogP contribution in [0.3, 0.4) is 0 Å². The van der Waals surface area contributed by atoms with Crippen LogP contribution in [0.1, 0.15) is 27.6 Å². The number of hydrogen-bond acceptors (Lipinski definition) is 9. The second-order valence-electron chi connectivity index (χ2n) is 6.85. The number of carbonyl (C=O) groups is 2. The Hall–Kier alpha value is -4.28. The highest BCUT2D eigenvalue weighted by atomic mass is 16.6. The van der Waals surface area contributed by atoms with Gasteiger partial charge in [-0.15, -0.1) is 0 Å². The van der Waals surface area contributed by atoms with Gasteiger partial charge in [0.15, 0.2) is 18.2 Å². The zero-order valence-corrected chi connectivity index (χ0v) is 16.1. The van der Waals surface area contributed by atoms with Crippen LogP contribution in [0.25, 0.3) is 11.6 Å². The van der Waals surface area contributed by atoms with Gasteiger partial charge in [0.2, 0.25) is 5.82 Å². The van der Waals surface area contributed by atoms with Crippen LogP contribution in [0, 0.1) is 0 Å². The van der Waals surface area contributed by atoms with Crippen molar-refractivity contribution >= 4 is 11.9 Å². The molecule has 5 rings (SSSR count). The number of ether oxygens (including phenoxy) is 1. The van der Waals surface area contributed by atoms with Gasteiger partial charge < -0.3 is 18.6 Å². The summed E-state index contributed by atoms with van der Waals surface area (Å²) in [6.45, 7) is 0.0343. The van der Waals surface area contributed by atoms with Crippen molar-refractivity contribution in [1.29, 1.82) is 0 Å². The zero-order valence-electron chi connectivity index (χ0n) is 16.1. The number of carbonyl (C=O) groups excluding carboxylic acids is 2. The highest BCUT2D eigenvalue weighted by molar-refractivity contribution is 5.95. The lowest BCUT2D eigenvalue weighted by molar-refractivity contribution is -0.151. The number of benzene rings is 1. The van der Waals surface area contributed by atoms with E-state index >= 15 is 0 Å². The Bertz CT molecular complexity index is 1200. The summed E-state index contributed by atoms with van der Waals surface area (Å²) in [4.78, 5) is 35.4. The third-order valence-corrected chi connectivity index (χ3v) is 4.95. The molecule has 0 spiro atoms. The van der Waals surface area contributed by atoms with E-state index in [1.165, 1.54) is 17.5 Å². The highest BCUT2D eigenvalue weighted by Gasteiger charge is 2.37. The molecule has 3 aromatic heterocycles. The summed E-state index contributed by atoms with van der Waals surface area (Å²) in [5.41, 5.74) is 1.96. The first-order chi connectivity index (χ1) is 15.2. The molecule has 0 aliphatic carbocycles. The second kappa shape index (κ2) is 7.86. The molecule has 1 aliphatic rings. The maximum absolute atomic E-state index is 13.0. The van der Waals surface area contributed by atoms with Crippen LogP contribution in [-0.2, 0) is 29.1 Å². The Morgan fingerprint density at radius 2 is 2.06 bits per heavy atom. The van der Waals surface area contributed by atoms with Crippen LogP contribution < -0.4 is 0 Å². The summed E-state index contributed by atoms with van der Waals surface area (Å²) in [5, 5.41) is 10.1. The monoisotopic (exact) mass is 420 g/mol. The molecule has 31 heavy (non-hydrogen) atoms. The van der Waals surface area contributed by atoms with Gasteiger partial charge in [-0.3, -0.25) is 9.89 Å². The molecule has 1 atom stereocenters. The number of amides is 1. The van der Waals surface area contributed by atoms with E-state index in [9.17, 15) is 9.59 Å². The standard InChI is InChI=1S/C20H16N6O5/c27-19(15-6-3-7-29-15)26-9-13-5-2-1-4-12(13)8-14(26)20(28)30-10-16-23-18(25-31-16)17-21-11-22-24-17/h1-7,11,14H,8-10H2,(H,21,22,24)/t14-/m0/s1. The molecule has 0 saturated carbocycles. The number of furan rings is 1. The molecule has 1 amide bonds. The molecule has 4 aromatic rings. The van der Waals surface area contributed by atoms with Crippen LogP contribution in [0.2, 0.25) is 0 Å². The predicted molar refractivity (Wildman–Crippen MR) is 102 cm³/mol. The predicted octanol–water partition coefficient (Wildman–Crippen LogP) is 1.76. The maximum atomic E-state index is 13.0. The number of aromatic nitrogens is 5. The minimum absolute atomic E-state index is 0.0971. The number of esters is 1. The Balaban J connectivity index is 1.33. The first-order valence-corrected chi connectivity index (χ1v) is 9.45. The summed E-state index contributed by atoms with van der Waals surface area (Å²) in [6.07, 6.45) is 3.06. The SMILES string of the molecule is O=C(OCc1nc(-c2ncn[nH]2)no1)[C@@H]1Cc2ccccc2CN1C(=O)c1ccco1. The molecule has 156 valence electrons. The summed E-state index contributed by atoms with van der Waals surface area (Å²) < 4.78 is 15.7. The van der Waals surface area contributed by atoms with Crippen LogP contribution in [0.15, 0.2) is 57.9 Å². The fourth-order valence-electron chi connectivity index (χ4n) is 3.44. The van der Waals surface area contributed by atoms with E-state index in [4.69, 9.17) is 13.7 Å². The average molecular weight is 420 g/mol. The Morgan fingerprint density at radius 1 is 1.19 bits per heavy atom.